The van der Waals surface area contributed by atoms with E-state index in [0.29, 0.717) is 11.3 Å². The van der Waals surface area contributed by atoms with Crippen LogP contribution in [-0.2, 0) is 23.1 Å². The summed E-state index contributed by atoms with van der Waals surface area (Å²) in [6, 6.07) is 4.60. The summed E-state index contributed by atoms with van der Waals surface area (Å²) in [6.45, 7) is 1.50. The second kappa shape index (κ2) is 7.82. The van der Waals surface area contributed by atoms with Crippen LogP contribution in [0.5, 0.6) is 0 Å². The maximum absolute atomic E-state index is 12.9. The fraction of sp³-hybridized carbons (Fsp3) is 0.211. The van der Waals surface area contributed by atoms with Gasteiger partial charge in [0.05, 0.1) is 29.4 Å². The van der Waals surface area contributed by atoms with Crippen LogP contribution in [0.1, 0.15) is 12.5 Å². The first-order valence-corrected chi connectivity index (χ1v) is 10.9. The average molecular weight is 463 g/mol. The Hall–Kier alpha value is -3.61. The molecule has 0 saturated heterocycles. The fourth-order valence-electron chi connectivity index (χ4n) is 3.05. The Bertz CT molecular complexity index is 1360. The highest BCUT2D eigenvalue weighted by Crippen LogP contribution is 2.32. The zero-order chi connectivity index (χ0) is 23.1. The van der Waals surface area contributed by atoms with Crippen LogP contribution < -0.4 is 0 Å². The first-order chi connectivity index (χ1) is 15.1. The second-order valence-corrected chi connectivity index (χ2v) is 8.97. The number of halogens is 3. The lowest BCUT2D eigenvalue weighted by Crippen LogP contribution is -2.12. The number of nitrogens with zero attached hydrogens (tertiary/aromatic N) is 7. The van der Waals surface area contributed by atoms with Gasteiger partial charge in [0.2, 0.25) is 0 Å². The van der Waals surface area contributed by atoms with Crippen molar-refractivity contribution in [2.75, 3.05) is 5.75 Å². The molecule has 0 spiro atoms. The number of sulfone groups is 1. The van der Waals surface area contributed by atoms with Gasteiger partial charge in [0, 0.05) is 7.05 Å². The van der Waals surface area contributed by atoms with Gasteiger partial charge in [-0.2, -0.15) is 23.0 Å². The summed E-state index contributed by atoms with van der Waals surface area (Å²) in [7, 11) is -2.09. The number of benzene rings is 1. The third-order valence-corrected chi connectivity index (χ3v) is 6.52. The van der Waals surface area contributed by atoms with Crippen LogP contribution in [0.3, 0.4) is 0 Å². The number of hydrogen-bond acceptors (Lipinski definition) is 7. The predicted molar refractivity (Wildman–Crippen MR) is 107 cm³/mol. The Morgan fingerprint density at radius 3 is 2.38 bits per heavy atom. The Balaban J connectivity index is 1.85. The third kappa shape index (κ3) is 3.86. The Morgan fingerprint density at radius 2 is 1.78 bits per heavy atom. The first kappa shape index (κ1) is 21.6. The summed E-state index contributed by atoms with van der Waals surface area (Å²) in [6.07, 6.45) is 0.822. The number of imidazole rings is 1. The molecule has 3 aromatic heterocycles. The van der Waals surface area contributed by atoms with Crippen LogP contribution in [0.25, 0.3) is 28.7 Å². The first-order valence-electron chi connectivity index (χ1n) is 9.26. The molecular formula is C19H16F3N7O2S. The van der Waals surface area contributed by atoms with Crippen molar-refractivity contribution in [3.8, 4) is 28.7 Å². The van der Waals surface area contributed by atoms with Crippen molar-refractivity contribution in [1.29, 1.82) is 0 Å². The number of alkyl halides is 3. The molecule has 9 nitrogen and oxygen atoms in total. The lowest BCUT2D eigenvalue weighted by Gasteiger charge is -2.11. The summed E-state index contributed by atoms with van der Waals surface area (Å²) in [5.74, 6) is 0.115. The summed E-state index contributed by atoms with van der Waals surface area (Å²) < 4.78 is 66.7. The Morgan fingerprint density at radius 1 is 1.06 bits per heavy atom. The minimum Gasteiger partial charge on any atom is -0.326 e. The van der Waals surface area contributed by atoms with Crippen molar-refractivity contribution in [2.24, 2.45) is 7.05 Å². The molecule has 13 heteroatoms. The summed E-state index contributed by atoms with van der Waals surface area (Å²) in [5.41, 5.74) is 0.237. The molecule has 0 N–H and O–H groups in total. The molecule has 3 heterocycles. The number of aromatic nitrogens is 7. The van der Waals surface area contributed by atoms with Crippen molar-refractivity contribution in [3.63, 3.8) is 0 Å². The lowest BCUT2D eigenvalue weighted by atomic mass is 10.1. The summed E-state index contributed by atoms with van der Waals surface area (Å²) in [5, 5.41) is 3.95. The van der Waals surface area contributed by atoms with Gasteiger partial charge in [0.25, 0.3) is 5.95 Å². The van der Waals surface area contributed by atoms with Crippen molar-refractivity contribution in [1.82, 2.24) is 34.3 Å². The van der Waals surface area contributed by atoms with Crippen molar-refractivity contribution in [3.05, 3.63) is 54.9 Å². The topological polar surface area (TPSA) is 108 Å². The monoisotopic (exact) mass is 463 g/mol. The summed E-state index contributed by atoms with van der Waals surface area (Å²) in [4.78, 5) is 16.4. The van der Waals surface area contributed by atoms with E-state index >= 15 is 0 Å². The molecule has 0 unspecified atom stereocenters. The van der Waals surface area contributed by atoms with Crippen LogP contribution in [0.15, 0.2) is 54.2 Å². The van der Waals surface area contributed by atoms with Crippen LogP contribution in [0.4, 0.5) is 13.2 Å². The van der Waals surface area contributed by atoms with Gasteiger partial charge in [-0.3, -0.25) is 0 Å². The van der Waals surface area contributed by atoms with Gasteiger partial charge >= 0.3 is 6.18 Å². The molecule has 4 rings (SSSR count). The molecule has 4 aromatic rings. The lowest BCUT2D eigenvalue weighted by molar-refractivity contribution is -0.137. The van der Waals surface area contributed by atoms with E-state index in [1.54, 1.807) is 11.6 Å². The Kier molecular flexibility index (Phi) is 5.28. The van der Waals surface area contributed by atoms with E-state index in [0.717, 1.165) is 12.1 Å². The molecular weight excluding hydrogens is 447 g/mol. The second-order valence-electron chi connectivity index (χ2n) is 6.73. The third-order valence-electron chi connectivity index (χ3n) is 4.79. The van der Waals surface area contributed by atoms with E-state index in [2.05, 4.69) is 25.0 Å². The van der Waals surface area contributed by atoms with Crippen LogP contribution in [-0.4, -0.2) is 48.5 Å². The molecule has 0 saturated carbocycles. The average Bonchev–Trinajstić information content (AvgIpc) is 3.43. The number of rotatable bonds is 5. The van der Waals surface area contributed by atoms with Crippen molar-refractivity contribution in [2.45, 2.75) is 18.0 Å². The molecule has 0 bridgehead atoms. The number of hydrogen-bond donors (Lipinski definition) is 0. The smallest absolute Gasteiger partial charge is 0.326 e. The van der Waals surface area contributed by atoms with E-state index in [1.807, 2.05) is 0 Å². The van der Waals surface area contributed by atoms with E-state index < -0.39 is 21.6 Å². The molecule has 32 heavy (non-hydrogen) atoms. The highest BCUT2D eigenvalue weighted by Gasteiger charge is 2.30. The van der Waals surface area contributed by atoms with Crippen LogP contribution in [0, 0.1) is 0 Å². The standard InChI is InChI=1S/C19H16F3N7O2S/c1-3-32(30,31)15-9-25-18(29-11-23-10-26-29)27-16(15)17-24-8-14(28(17)2)12-4-6-13(7-5-12)19(20,21)22/h4-11H,3H2,1-2H3. The normalized spacial score (nSPS) is 12.3. The predicted octanol–water partition coefficient (Wildman–Crippen LogP) is 2.94. The molecule has 0 aliphatic carbocycles. The molecule has 0 fully saturated rings. The largest absolute Gasteiger partial charge is 0.416 e. The molecule has 0 aliphatic heterocycles. The SMILES string of the molecule is CCS(=O)(=O)c1cnc(-n2cncn2)nc1-c1ncc(-c2ccc(C(F)(F)F)cc2)n1C. The molecule has 1 aromatic carbocycles. The fourth-order valence-corrected chi connectivity index (χ4v) is 4.01. The molecule has 166 valence electrons. The van der Waals surface area contributed by atoms with Gasteiger partial charge < -0.3 is 4.57 Å². The highest BCUT2D eigenvalue weighted by atomic mass is 32.2. The van der Waals surface area contributed by atoms with Crippen molar-refractivity contribution < 1.29 is 21.6 Å². The van der Waals surface area contributed by atoms with Gasteiger partial charge in [0.15, 0.2) is 15.7 Å². The maximum Gasteiger partial charge on any atom is 0.416 e. The molecule has 0 atom stereocenters. The van der Waals surface area contributed by atoms with Gasteiger partial charge in [-0.25, -0.2) is 28.4 Å². The van der Waals surface area contributed by atoms with Gasteiger partial charge in [-0.15, -0.1) is 0 Å². The van der Waals surface area contributed by atoms with Crippen LogP contribution in [0.2, 0.25) is 0 Å². The highest BCUT2D eigenvalue weighted by molar-refractivity contribution is 7.91. The zero-order valence-corrected chi connectivity index (χ0v) is 17.6. The van der Waals surface area contributed by atoms with Crippen LogP contribution >= 0.6 is 0 Å². The molecule has 0 amide bonds. The van der Waals surface area contributed by atoms with Gasteiger partial charge in [-0.1, -0.05) is 19.1 Å². The molecule has 0 radical (unpaired) electrons. The minimum atomic E-state index is -4.45. The van der Waals surface area contributed by atoms with Crippen molar-refractivity contribution >= 4 is 9.84 Å². The van der Waals surface area contributed by atoms with E-state index in [9.17, 15) is 21.6 Å². The zero-order valence-electron chi connectivity index (χ0n) is 16.8. The van der Waals surface area contributed by atoms with E-state index in [4.69, 9.17) is 0 Å². The quantitative estimate of drug-likeness (QED) is 0.448. The van der Waals surface area contributed by atoms with E-state index in [1.165, 1.54) is 48.8 Å². The Labute approximate surface area is 180 Å². The maximum atomic E-state index is 12.9. The molecule has 0 aliphatic rings. The summed E-state index contributed by atoms with van der Waals surface area (Å²) >= 11 is 0. The van der Waals surface area contributed by atoms with Gasteiger partial charge in [-0.05, 0) is 17.7 Å². The van der Waals surface area contributed by atoms with Gasteiger partial charge in [0.1, 0.15) is 23.2 Å². The van der Waals surface area contributed by atoms with E-state index in [-0.39, 0.29) is 28.1 Å². The minimum absolute atomic E-state index is 0.0491.